The molecule has 2 fully saturated rings. The highest BCUT2D eigenvalue weighted by atomic mass is 16.5. The van der Waals surface area contributed by atoms with E-state index in [1.54, 1.807) is 7.11 Å². The number of carbonyl (C=O) groups is 1. The van der Waals surface area contributed by atoms with Crippen LogP contribution in [0.1, 0.15) is 69.7 Å². The van der Waals surface area contributed by atoms with Crippen LogP contribution in [0.25, 0.3) is 11.4 Å². The summed E-state index contributed by atoms with van der Waals surface area (Å²) in [7, 11) is 1.64. The van der Waals surface area contributed by atoms with Gasteiger partial charge >= 0.3 is 0 Å². The van der Waals surface area contributed by atoms with Gasteiger partial charge in [0.2, 0.25) is 17.6 Å². The third-order valence-electron chi connectivity index (χ3n) is 6.14. The van der Waals surface area contributed by atoms with Crippen LogP contribution in [0.2, 0.25) is 0 Å². The molecule has 1 saturated carbocycles. The molecule has 1 atom stereocenters. The van der Waals surface area contributed by atoms with Gasteiger partial charge in [-0.15, -0.1) is 0 Å². The van der Waals surface area contributed by atoms with E-state index in [-0.39, 0.29) is 11.9 Å². The summed E-state index contributed by atoms with van der Waals surface area (Å²) in [5.74, 6) is 2.87. The lowest BCUT2D eigenvalue weighted by Crippen LogP contribution is -2.38. The number of likely N-dealkylation sites (tertiary alicyclic amines) is 1. The predicted octanol–water partition coefficient (Wildman–Crippen LogP) is 4.77. The Bertz CT molecular complexity index is 781. The molecule has 6 heteroatoms. The average molecular weight is 383 g/mol. The van der Waals surface area contributed by atoms with E-state index in [4.69, 9.17) is 9.26 Å². The summed E-state index contributed by atoms with van der Waals surface area (Å²) in [4.78, 5) is 19.5. The fourth-order valence-corrected chi connectivity index (χ4v) is 4.48. The van der Waals surface area contributed by atoms with Crippen LogP contribution in [0, 0.1) is 5.92 Å². The van der Waals surface area contributed by atoms with E-state index in [9.17, 15) is 4.79 Å². The molecule has 2 heterocycles. The molecule has 0 bridgehead atoms. The molecular weight excluding hydrogens is 354 g/mol. The Labute approximate surface area is 166 Å². The maximum atomic E-state index is 12.9. The van der Waals surface area contributed by atoms with Gasteiger partial charge in [-0.3, -0.25) is 4.79 Å². The zero-order valence-electron chi connectivity index (χ0n) is 16.6. The van der Waals surface area contributed by atoms with Crippen LogP contribution in [-0.4, -0.2) is 34.6 Å². The molecule has 1 aliphatic carbocycles. The minimum Gasteiger partial charge on any atom is -0.497 e. The number of carbonyl (C=O) groups excluding carboxylic acids is 1. The largest absolute Gasteiger partial charge is 0.497 e. The van der Waals surface area contributed by atoms with Crippen molar-refractivity contribution < 1.29 is 14.1 Å². The Kier molecular flexibility index (Phi) is 5.93. The van der Waals surface area contributed by atoms with E-state index >= 15 is 0 Å². The normalized spacial score (nSPS) is 20.5. The zero-order chi connectivity index (χ0) is 19.3. The molecule has 150 valence electrons. The van der Waals surface area contributed by atoms with Gasteiger partial charge in [-0.2, -0.15) is 4.98 Å². The van der Waals surface area contributed by atoms with Crippen molar-refractivity contribution in [3.63, 3.8) is 0 Å². The number of hydrogen-bond donors (Lipinski definition) is 0. The lowest BCUT2D eigenvalue weighted by atomic mass is 9.98. The monoisotopic (exact) mass is 383 g/mol. The van der Waals surface area contributed by atoms with Crippen molar-refractivity contribution in [2.24, 2.45) is 5.92 Å². The molecule has 0 radical (unpaired) electrons. The predicted molar refractivity (Wildman–Crippen MR) is 106 cm³/mol. The topological polar surface area (TPSA) is 68.5 Å². The Balaban J connectivity index is 1.44. The summed E-state index contributed by atoms with van der Waals surface area (Å²) in [6.45, 7) is 0.786. The van der Waals surface area contributed by atoms with Crippen molar-refractivity contribution in [3.8, 4) is 17.1 Å². The lowest BCUT2D eigenvalue weighted by Gasteiger charge is -2.33. The standard InChI is InChI=1S/C22H29N3O3/c1-27-18-12-10-17(11-13-18)21-23-22(28-24-21)19-8-4-5-15-25(19)20(26)14-9-16-6-2-3-7-16/h10-13,16,19H,2-9,14-15H2,1H3/t19-/m0/s1. The highest BCUT2D eigenvalue weighted by Crippen LogP contribution is 2.33. The molecule has 0 unspecified atom stereocenters. The Hall–Kier alpha value is -2.37. The number of hydrogen-bond acceptors (Lipinski definition) is 5. The molecule has 1 amide bonds. The minimum absolute atomic E-state index is 0.0932. The molecule has 1 aromatic heterocycles. The summed E-state index contributed by atoms with van der Waals surface area (Å²) >= 11 is 0. The number of benzene rings is 1. The van der Waals surface area contributed by atoms with Crippen LogP contribution >= 0.6 is 0 Å². The number of aromatic nitrogens is 2. The maximum Gasteiger partial charge on any atom is 0.249 e. The third kappa shape index (κ3) is 4.21. The van der Waals surface area contributed by atoms with Gasteiger partial charge in [-0.25, -0.2) is 0 Å². The fraction of sp³-hybridized carbons (Fsp3) is 0.591. The highest BCUT2D eigenvalue weighted by molar-refractivity contribution is 5.76. The van der Waals surface area contributed by atoms with Crippen molar-refractivity contribution >= 4 is 5.91 Å². The van der Waals surface area contributed by atoms with Crippen molar-refractivity contribution in [2.45, 2.75) is 63.8 Å². The van der Waals surface area contributed by atoms with Gasteiger partial charge in [0.15, 0.2) is 0 Å². The van der Waals surface area contributed by atoms with Gasteiger partial charge in [-0.05, 0) is 55.9 Å². The summed E-state index contributed by atoms with van der Waals surface area (Å²) < 4.78 is 10.8. The first-order valence-electron chi connectivity index (χ1n) is 10.5. The smallest absolute Gasteiger partial charge is 0.249 e. The summed E-state index contributed by atoms with van der Waals surface area (Å²) in [6.07, 6.45) is 9.88. The Morgan fingerprint density at radius 3 is 2.64 bits per heavy atom. The van der Waals surface area contributed by atoms with Gasteiger partial charge < -0.3 is 14.2 Å². The zero-order valence-corrected chi connectivity index (χ0v) is 16.6. The van der Waals surface area contributed by atoms with E-state index in [0.29, 0.717) is 18.1 Å². The fourth-order valence-electron chi connectivity index (χ4n) is 4.48. The quantitative estimate of drug-likeness (QED) is 0.719. The van der Waals surface area contributed by atoms with Crippen LogP contribution in [-0.2, 0) is 4.79 Å². The second-order valence-corrected chi connectivity index (χ2v) is 7.97. The van der Waals surface area contributed by atoms with Crippen LogP contribution in [0.15, 0.2) is 28.8 Å². The van der Waals surface area contributed by atoms with Crippen molar-refractivity contribution in [1.29, 1.82) is 0 Å². The highest BCUT2D eigenvalue weighted by Gasteiger charge is 2.32. The Morgan fingerprint density at radius 2 is 1.89 bits per heavy atom. The molecule has 1 aromatic carbocycles. The van der Waals surface area contributed by atoms with Gasteiger partial charge in [-0.1, -0.05) is 30.8 Å². The van der Waals surface area contributed by atoms with Gasteiger partial charge in [0.05, 0.1) is 7.11 Å². The van der Waals surface area contributed by atoms with Crippen molar-refractivity contribution in [3.05, 3.63) is 30.2 Å². The number of ether oxygens (including phenoxy) is 1. The van der Waals surface area contributed by atoms with E-state index in [1.807, 2.05) is 29.2 Å². The number of piperidine rings is 1. The molecule has 2 aromatic rings. The number of rotatable bonds is 6. The molecule has 28 heavy (non-hydrogen) atoms. The number of amides is 1. The molecule has 0 spiro atoms. The van der Waals surface area contributed by atoms with Crippen molar-refractivity contribution in [1.82, 2.24) is 15.0 Å². The summed E-state index contributed by atoms with van der Waals surface area (Å²) in [5.41, 5.74) is 0.880. The number of nitrogens with zero attached hydrogens (tertiary/aromatic N) is 3. The first-order chi connectivity index (χ1) is 13.7. The molecule has 4 rings (SSSR count). The first kappa shape index (κ1) is 19.0. The Morgan fingerprint density at radius 1 is 1.14 bits per heavy atom. The van der Waals surface area contributed by atoms with Crippen LogP contribution in [0.3, 0.4) is 0 Å². The third-order valence-corrected chi connectivity index (χ3v) is 6.14. The number of methoxy groups -OCH3 is 1. The molecule has 1 aliphatic heterocycles. The lowest BCUT2D eigenvalue weighted by molar-refractivity contribution is -0.136. The van der Waals surface area contributed by atoms with Gasteiger partial charge in [0, 0.05) is 18.5 Å². The van der Waals surface area contributed by atoms with E-state index in [1.165, 1.54) is 25.7 Å². The second-order valence-electron chi connectivity index (χ2n) is 7.97. The van der Waals surface area contributed by atoms with Crippen molar-refractivity contribution in [2.75, 3.05) is 13.7 Å². The van der Waals surface area contributed by atoms with Crippen LogP contribution in [0.5, 0.6) is 5.75 Å². The summed E-state index contributed by atoms with van der Waals surface area (Å²) in [6, 6.07) is 7.50. The average Bonchev–Trinajstić information content (AvgIpc) is 3.44. The summed E-state index contributed by atoms with van der Waals surface area (Å²) in [5, 5.41) is 4.16. The van der Waals surface area contributed by atoms with E-state index in [2.05, 4.69) is 10.1 Å². The first-order valence-corrected chi connectivity index (χ1v) is 10.5. The maximum absolute atomic E-state index is 12.9. The SMILES string of the molecule is COc1ccc(-c2noc([C@@H]3CCCCN3C(=O)CCC3CCCC3)n2)cc1. The van der Waals surface area contributed by atoms with E-state index < -0.39 is 0 Å². The van der Waals surface area contributed by atoms with Crippen LogP contribution < -0.4 is 4.74 Å². The van der Waals surface area contributed by atoms with Gasteiger partial charge in [0.1, 0.15) is 11.8 Å². The molecule has 6 nitrogen and oxygen atoms in total. The second kappa shape index (κ2) is 8.76. The molecule has 0 N–H and O–H groups in total. The molecule has 2 aliphatic rings. The van der Waals surface area contributed by atoms with E-state index in [0.717, 1.165) is 49.5 Å². The minimum atomic E-state index is -0.0932. The van der Waals surface area contributed by atoms with Crippen LogP contribution in [0.4, 0.5) is 0 Å². The molecular formula is C22H29N3O3. The van der Waals surface area contributed by atoms with Gasteiger partial charge in [0.25, 0.3) is 0 Å². The molecule has 1 saturated heterocycles.